The molecule has 2 N–H and O–H groups in total. The molecule has 3 amide bonds. The lowest BCUT2D eigenvalue weighted by atomic mass is 9.64. The molecule has 1 saturated heterocycles. The van der Waals surface area contributed by atoms with Gasteiger partial charge in [-0.3, -0.25) is 9.69 Å². The summed E-state index contributed by atoms with van der Waals surface area (Å²) >= 11 is 0. The summed E-state index contributed by atoms with van der Waals surface area (Å²) in [5.41, 5.74) is 1.06. The third-order valence-corrected chi connectivity index (χ3v) is 10.5. The molecular formula is C32H42N4O4. The van der Waals surface area contributed by atoms with Crippen molar-refractivity contribution in [1.82, 2.24) is 15.2 Å². The Bertz CT molecular complexity index is 1230. The molecule has 8 heteroatoms. The third kappa shape index (κ3) is 4.79. The summed E-state index contributed by atoms with van der Waals surface area (Å²) in [6.07, 6.45) is 10.8. The Morgan fingerprint density at radius 1 is 1.00 bits per heavy atom. The van der Waals surface area contributed by atoms with Crippen LogP contribution >= 0.6 is 0 Å². The Labute approximate surface area is 237 Å². The van der Waals surface area contributed by atoms with Crippen molar-refractivity contribution in [2.75, 3.05) is 31.6 Å². The highest BCUT2D eigenvalue weighted by atomic mass is 16.5. The van der Waals surface area contributed by atoms with Crippen LogP contribution in [0.3, 0.4) is 0 Å². The van der Waals surface area contributed by atoms with E-state index in [2.05, 4.69) is 47.6 Å². The Morgan fingerprint density at radius 2 is 1.70 bits per heavy atom. The number of amides is 3. The molecule has 1 spiro atoms. The zero-order valence-corrected chi connectivity index (χ0v) is 23.8. The van der Waals surface area contributed by atoms with Crippen LogP contribution in [0.15, 0.2) is 48.7 Å². The van der Waals surface area contributed by atoms with E-state index >= 15 is 0 Å². The second-order valence-corrected chi connectivity index (χ2v) is 13.0. The number of hydrogen-bond acceptors (Lipinski definition) is 5. The van der Waals surface area contributed by atoms with E-state index in [0.29, 0.717) is 31.0 Å². The van der Waals surface area contributed by atoms with Crippen LogP contribution in [0, 0.1) is 0 Å². The van der Waals surface area contributed by atoms with Crippen molar-refractivity contribution in [2.24, 2.45) is 0 Å². The number of hydrogen-bond donors (Lipinski definition) is 2. The highest BCUT2D eigenvalue weighted by molar-refractivity contribution is 5.96. The summed E-state index contributed by atoms with van der Waals surface area (Å²) < 4.78 is 5.61. The smallest absolute Gasteiger partial charge is 0.325 e. The molecule has 2 heterocycles. The maximum absolute atomic E-state index is 14.0. The number of aromatic nitrogens is 1. The quantitative estimate of drug-likeness (QED) is 0.496. The van der Waals surface area contributed by atoms with Gasteiger partial charge >= 0.3 is 6.03 Å². The van der Waals surface area contributed by atoms with E-state index in [4.69, 9.17) is 4.74 Å². The van der Waals surface area contributed by atoms with Crippen LogP contribution in [0.4, 0.5) is 10.5 Å². The third-order valence-electron chi connectivity index (χ3n) is 10.5. The lowest BCUT2D eigenvalue weighted by Crippen LogP contribution is -2.58. The maximum atomic E-state index is 14.0. The number of aliphatic hydroxyl groups is 1. The minimum absolute atomic E-state index is 0.0689. The summed E-state index contributed by atoms with van der Waals surface area (Å²) in [5.74, 6) is -0.236. The Morgan fingerprint density at radius 3 is 2.25 bits per heavy atom. The molecule has 0 unspecified atom stereocenters. The summed E-state index contributed by atoms with van der Waals surface area (Å²) in [6, 6.07) is 14.1. The normalized spacial score (nSPS) is 28.7. The lowest BCUT2D eigenvalue weighted by Gasteiger charge is -2.49. The zero-order valence-electron chi connectivity index (χ0n) is 23.8. The van der Waals surface area contributed by atoms with E-state index < -0.39 is 5.60 Å². The lowest BCUT2D eigenvalue weighted by molar-refractivity contribution is -0.0682. The van der Waals surface area contributed by atoms with E-state index in [1.165, 1.54) is 5.56 Å². The SMILES string of the molecule is COC1(CNC(=O)c2ccc(N3CC4(CCC(C)(c5ccccc5)CC4)N(CC4(O)CCC4)C3=O)cn2)CCC1. The molecule has 4 fully saturated rings. The molecule has 3 saturated carbocycles. The fourth-order valence-electron chi connectivity index (χ4n) is 7.13. The van der Waals surface area contributed by atoms with E-state index in [9.17, 15) is 14.7 Å². The number of β-amino-alcohol motifs (C(OH)–C–C–N with tert-alkyl or cyclic N) is 1. The second-order valence-electron chi connectivity index (χ2n) is 13.0. The van der Waals surface area contributed by atoms with Crippen LogP contribution in [0.5, 0.6) is 0 Å². The van der Waals surface area contributed by atoms with E-state index in [-0.39, 0.29) is 28.5 Å². The summed E-state index contributed by atoms with van der Waals surface area (Å²) in [7, 11) is 1.69. The molecule has 1 aliphatic heterocycles. The first kappa shape index (κ1) is 27.2. The molecule has 214 valence electrons. The second kappa shape index (κ2) is 10.1. The largest absolute Gasteiger partial charge is 0.388 e. The number of rotatable bonds is 8. The molecule has 0 radical (unpaired) electrons. The average Bonchev–Trinajstić information content (AvgIpc) is 3.20. The standard InChI is InChI=1S/C32H42N4O4/c1-29(24-8-4-3-5-9-24)16-18-30(19-17-29)22-35(28(38)36(30)23-31(39)12-6-13-31)25-10-11-26(33-20-25)27(37)34-21-32(40-2)14-7-15-32/h3-5,8-11,20,39H,6-7,12-19,21-23H2,1-2H3,(H,34,37). The van der Waals surface area contributed by atoms with Gasteiger partial charge in [-0.25, -0.2) is 9.78 Å². The molecule has 0 atom stereocenters. The average molecular weight is 547 g/mol. The van der Waals surface area contributed by atoms with E-state index in [0.717, 1.165) is 64.2 Å². The predicted molar refractivity (Wildman–Crippen MR) is 153 cm³/mol. The van der Waals surface area contributed by atoms with Crippen molar-refractivity contribution in [3.8, 4) is 0 Å². The van der Waals surface area contributed by atoms with Crippen molar-refractivity contribution < 1.29 is 19.4 Å². The number of pyridine rings is 1. The Balaban J connectivity index is 1.19. The van der Waals surface area contributed by atoms with E-state index in [1.54, 1.807) is 24.3 Å². The number of carbonyl (C=O) groups excluding carboxylic acids is 2. The van der Waals surface area contributed by atoms with Gasteiger partial charge in [0.2, 0.25) is 0 Å². The van der Waals surface area contributed by atoms with Gasteiger partial charge in [0.05, 0.1) is 41.7 Å². The maximum Gasteiger partial charge on any atom is 0.325 e. The molecule has 0 bridgehead atoms. The first-order valence-corrected chi connectivity index (χ1v) is 14.9. The molecule has 40 heavy (non-hydrogen) atoms. The fraction of sp³-hybridized carbons (Fsp3) is 0.594. The summed E-state index contributed by atoms with van der Waals surface area (Å²) in [6.45, 7) is 3.75. The molecule has 1 aromatic heterocycles. The number of methoxy groups -OCH3 is 1. The first-order chi connectivity index (χ1) is 19.2. The molecule has 4 aliphatic rings. The summed E-state index contributed by atoms with van der Waals surface area (Å²) in [4.78, 5) is 34.9. The van der Waals surface area contributed by atoms with Gasteiger partial charge in [-0.15, -0.1) is 0 Å². The monoisotopic (exact) mass is 546 g/mol. The van der Waals surface area contributed by atoms with Crippen molar-refractivity contribution in [3.63, 3.8) is 0 Å². The number of carbonyl (C=O) groups is 2. The number of ether oxygens (including phenoxy) is 1. The fourth-order valence-corrected chi connectivity index (χ4v) is 7.13. The molecule has 3 aliphatic carbocycles. The van der Waals surface area contributed by atoms with Gasteiger partial charge in [-0.05, 0) is 87.3 Å². The highest BCUT2D eigenvalue weighted by Gasteiger charge is 2.55. The van der Waals surface area contributed by atoms with Crippen molar-refractivity contribution in [2.45, 2.75) is 93.3 Å². The van der Waals surface area contributed by atoms with Gasteiger partial charge < -0.3 is 20.1 Å². The van der Waals surface area contributed by atoms with Crippen molar-refractivity contribution >= 4 is 17.6 Å². The molecule has 2 aromatic rings. The van der Waals surface area contributed by atoms with Crippen LogP contribution in [-0.2, 0) is 10.2 Å². The predicted octanol–water partition coefficient (Wildman–Crippen LogP) is 4.81. The molecule has 1 aromatic carbocycles. The van der Waals surface area contributed by atoms with Gasteiger partial charge in [0.1, 0.15) is 5.69 Å². The van der Waals surface area contributed by atoms with Gasteiger partial charge in [0, 0.05) is 13.7 Å². The minimum atomic E-state index is -0.793. The van der Waals surface area contributed by atoms with Crippen LogP contribution in [0.1, 0.15) is 87.2 Å². The minimum Gasteiger partial charge on any atom is -0.388 e. The molecule has 6 rings (SSSR count). The van der Waals surface area contributed by atoms with Crippen LogP contribution < -0.4 is 10.2 Å². The van der Waals surface area contributed by atoms with Crippen LogP contribution in [0.2, 0.25) is 0 Å². The number of nitrogens with one attached hydrogen (secondary N) is 1. The Kier molecular flexibility index (Phi) is 6.90. The zero-order chi connectivity index (χ0) is 28.0. The molecule has 8 nitrogen and oxygen atoms in total. The number of benzene rings is 1. The topological polar surface area (TPSA) is 95.0 Å². The van der Waals surface area contributed by atoms with Crippen molar-refractivity contribution in [3.05, 3.63) is 59.9 Å². The van der Waals surface area contributed by atoms with Gasteiger partial charge in [0.15, 0.2) is 0 Å². The first-order valence-electron chi connectivity index (χ1n) is 14.9. The van der Waals surface area contributed by atoms with Crippen LogP contribution in [0.25, 0.3) is 0 Å². The summed E-state index contributed by atoms with van der Waals surface area (Å²) in [5, 5.41) is 14.1. The highest BCUT2D eigenvalue weighted by Crippen LogP contribution is 2.49. The Hall–Kier alpha value is -2.97. The number of anilines is 1. The molecular weight excluding hydrogens is 504 g/mol. The van der Waals surface area contributed by atoms with Crippen molar-refractivity contribution in [1.29, 1.82) is 0 Å². The number of urea groups is 1. The van der Waals surface area contributed by atoms with Gasteiger partial charge in [-0.1, -0.05) is 37.3 Å². The van der Waals surface area contributed by atoms with Gasteiger partial charge in [0.25, 0.3) is 5.91 Å². The van der Waals surface area contributed by atoms with Crippen LogP contribution in [-0.4, -0.2) is 70.4 Å². The number of nitrogens with zero attached hydrogens (tertiary/aromatic N) is 3. The van der Waals surface area contributed by atoms with Gasteiger partial charge in [-0.2, -0.15) is 0 Å². The van der Waals surface area contributed by atoms with E-state index in [1.807, 2.05) is 11.0 Å².